The van der Waals surface area contributed by atoms with Gasteiger partial charge in [0.05, 0.1) is 23.0 Å². The van der Waals surface area contributed by atoms with Gasteiger partial charge in [-0.3, -0.25) is 4.90 Å². The van der Waals surface area contributed by atoms with Crippen molar-refractivity contribution in [2.45, 2.75) is 31.4 Å². The van der Waals surface area contributed by atoms with Gasteiger partial charge in [-0.25, -0.2) is 4.79 Å². The molecule has 0 aromatic heterocycles. The predicted molar refractivity (Wildman–Crippen MR) is 64.1 cm³/mol. The van der Waals surface area contributed by atoms with Crippen LogP contribution in [0.15, 0.2) is 18.2 Å². The third kappa shape index (κ3) is 2.77. The predicted octanol–water partition coefficient (Wildman–Crippen LogP) is 3.56. The molecular weight excluding hydrogens is 318 g/mol. The van der Waals surface area contributed by atoms with Crippen LogP contribution in [0.2, 0.25) is 0 Å². The summed E-state index contributed by atoms with van der Waals surface area (Å²) in [7, 11) is 0. The van der Waals surface area contributed by atoms with Crippen LogP contribution in [-0.4, -0.2) is 24.4 Å². The van der Waals surface area contributed by atoms with Crippen molar-refractivity contribution >= 4 is 17.5 Å². The maximum atomic E-state index is 12.7. The third-order valence-corrected chi connectivity index (χ3v) is 3.21. The van der Waals surface area contributed by atoms with Crippen LogP contribution in [0.1, 0.15) is 12.5 Å². The van der Waals surface area contributed by atoms with Crippen LogP contribution in [-0.2, 0) is 10.9 Å². The van der Waals surface area contributed by atoms with Crippen molar-refractivity contribution in [1.82, 2.24) is 0 Å². The molecule has 10 heteroatoms. The molecule has 1 aliphatic heterocycles. The molecule has 0 bridgehead atoms. The number of cyclic esters (lactones) is 1. The summed E-state index contributed by atoms with van der Waals surface area (Å²) in [6.45, 7) is 1.07. The van der Waals surface area contributed by atoms with Gasteiger partial charge in [0.25, 0.3) is 0 Å². The van der Waals surface area contributed by atoms with Crippen LogP contribution < -0.4 is 10.6 Å². The molecule has 1 aromatic carbocycles. The lowest BCUT2D eigenvalue weighted by molar-refractivity contribution is -0.198. The Labute approximate surface area is 120 Å². The van der Waals surface area contributed by atoms with E-state index in [-0.39, 0.29) is 5.69 Å². The highest BCUT2D eigenvalue weighted by Crippen LogP contribution is 2.39. The number of nitrogens with zero attached hydrogens (tertiary/aromatic N) is 1. The summed E-state index contributed by atoms with van der Waals surface area (Å²) in [5.74, 6) is 0. The topological polar surface area (TPSA) is 55.6 Å². The number of hydrogen-bond donors (Lipinski definition) is 1. The number of halogens is 6. The summed E-state index contributed by atoms with van der Waals surface area (Å²) < 4.78 is 80.0. The molecule has 1 aromatic rings. The van der Waals surface area contributed by atoms with Crippen LogP contribution in [0.3, 0.4) is 0 Å². The average Bonchev–Trinajstić information content (AvgIpc) is 2.64. The van der Waals surface area contributed by atoms with Crippen LogP contribution in [0.4, 0.5) is 42.5 Å². The first-order chi connectivity index (χ1) is 9.93. The summed E-state index contributed by atoms with van der Waals surface area (Å²) >= 11 is 0. The zero-order chi connectivity index (χ0) is 16.9. The Balaban J connectivity index is 2.38. The van der Waals surface area contributed by atoms with Gasteiger partial charge in [-0.2, -0.15) is 26.3 Å². The van der Waals surface area contributed by atoms with Crippen molar-refractivity contribution in [2.75, 3.05) is 10.6 Å². The van der Waals surface area contributed by atoms with E-state index in [1.54, 1.807) is 0 Å². The lowest BCUT2D eigenvalue weighted by Gasteiger charge is -2.23. The standard InChI is InChI=1S/C12H10F6N2O2/c1-5-9(12(16,17)18)22-10(21)20(5)8-3-2-6(4-7(8)19)11(13,14)15/h2-5,9H,19H2,1H3/t5-,9+/m1/s1. The SMILES string of the molecule is C[C@@H]1[C@@H](C(F)(F)F)OC(=O)N1c1ccc(C(F)(F)F)cc1N. The van der Waals surface area contributed by atoms with E-state index in [2.05, 4.69) is 4.74 Å². The van der Waals surface area contributed by atoms with Crippen molar-refractivity contribution in [2.24, 2.45) is 0 Å². The maximum Gasteiger partial charge on any atom is 0.427 e. The molecule has 1 heterocycles. The maximum absolute atomic E-state index is 12.7. The molecule has 2 rings (SSSR count). The van der Waals surface area contributed by atoms with E-state index >= 15 is 0 Å². The number of anilines is 2. The molecule has 2 atom stereocenters. The first-order valence-corrected chi connectivity index (χ1v) is 5.96. The molecule has 0 saturated carbocycles. The Morgan fingerprint density at radius 1 is 1.18 bits per heavy atom. The first-order valence-electron chi connectivity index (χ1n) is 5.96. The van der Waals surface area contributed by atoms with Gasteiger partial charge in [-0.1, -0.05) is 0 Å². The molecule has 1 aliphatic rings. The van der Waals surface area contributed by atoms with Gasteiger partial charge in [-0.05, 0) is 25.1 Å². The van der Waals surface area contributed by atoms with E-state index in [1.807, 2.05) is 0 Å². The Morgan fingerprint density at radius 2 is 1.77 bits per heavy atom. The molecule has 1 amide bonds. The zero-order valence-corrected chi connectivity index (χ0v) is 11.0. The number of nitrogens with two attached hydrogens (primary N) is 1. The lowest BCUT2D eigenvalue weighted by atomic mass is 10.1. The van der Waals surface area contributed by atoms with Crippen molar-refractivity contribution in [3.63, 3.8) is 0 Å². The van der Waals surface area contributed by atoms with Crippen LogP contribution >= 0.6 is 0 Å². The van der Waals surface area contributed by atoms with E-state index in [0.717, 1.165) is 13.0 Å². The van der Waals surface area contributed by atoms with E-state index in [0.29, 0.717) is 17.0 Å². The average molecular weight is 328 g/mol. The molecule has 1 saturated heterocycles. The second-order valence-electron chi connectivity index (χ2n) is 4.73. The summed E-state index contributed by atoms with van der Waals surface area (Å²) in [6.07, 6.45) is -13.1. The van der Waals surface area contributed by atoms with E-state index in [9.17, 15) is 31.1 Å². The van der Waals surface area contributed by atoms with Crippen molar-refractivity contribution < 1.29 is 35.9 Å². The van der Waals surface area contributed by atoms with Gasteiger partial charge in [0.1, 0.15) is 0 Å². The van der Waals surface area contributed by atoms with E-state index in [1.165, 1.54) is 0 Å². The molecule has 4 nitrogen and oxygen atoms in total. The molecule has 0 radical (unpaired) electrons. The summed E-state index contributed by atoms with van der Waals surface area (Å²) in [6, 6.07) is 0.573. The summed E-state index contributed by atoms with van der Waals surface area (Å²) in [5.41, 5.74) is 3.64. The quantitative estimate of drug-likeness (QED) is 0.633. The Kier molecular flexibility index (Phi) is 3.66. The van der Waals surface area contributed by atoms with Gasteiger partial charge in [0.2, 0.25) is 6.10 Å². The molecule has 22 heavy (non-hydrogen) atoms. The second kappa shape index (κ2) is 4.96. The number of alkyl halides is 6. The van der Waals surface area contributed by atoms with E-state index in [4.69, 9.17) is 5.73 Å². The van der Waals surface area contributed by atoms with Crippen LogP contribution in [0.5, 0.6) is 0 Å². The highest BCUT2D eigenvalue weighted by Gasteiger charge is 2.55. The molecule has 2 N–H and O–H groups in total. The Bertz CT molecular complexity index is 598. The number of carbonyl (C=O) groups excluding carboxylic acids is 1. The summed E-state index contributed by atoms with van der Waals surface area (Å²) in [4.78, 5) is 12.2. The highest BCUT2D eigenvalue weighted by atomic mass is 19.4. The van der Waals surface area contributed by atoms with Gasteiger partial charge in [0, 0.05) is 0 Å². The van der Waals surface area contributed by atoms with Crippen LogP contribution in [0, 0.1) is 0 Å². The highest BCUT2D eigenvalue weighted by molar-refractivity contribution is 5.94. The molecule has 122 valence electrons. The first kappa shape index (κ1) is 16.2. The molecule has 1 fully saturated rings. The molecule has 0 unspecified atom stereocenters. The van der Waals surface area contributed by atoms with E-state index < -0.39 is 41.8 Å². The van der Waals surface area contributed by atoms with Gasteiger partial charge in [0.15, 0.2) is 0 Å². The van der Waals surface area contributed by atoms with Crippen molar-refractivity contribution in [3.05, 3.63) is 23.8 Å². The number of nitrogen functional groups attached to an aromatic ring is 1. The number of benzene rings is 1. The molecular formula is C12H10F6N2O2. The lowest BCUT2D eigenvalue weighted by Crippen LogP contribution is -2.41. The number of rotatable bonds is 1. The van der Waals surface area contributed by atoms with Gasteiger partial charge < -0.3 is 10.5 Å². The fourth-order valence-corrected chi connectivity index (χ4v) is 2.17. The van der Waals surface area contributed by atoms with Gasteiger partial charge in [-0.15, -0.1) is 0 Å². The smallest absolute Gasteiger partial charge is 0.427 e. The number of hydrogen-bond acceptors (Lipinski definition) is 3. The van der Waals surface area contributed by atoms with Crippen molar-refractivity contribution in [3.8, 4) is 0 Å². The number of ether oxygens (including phenoxy) is 1. The molecule has 0 spiro atoms. The number of carbonyl (C=O) groups is 1. The number of amides is 1. The summed E-state index contributed by atoms with van der Waals surface area (Å²) in [5, 5.41) is 0. The monoisotopic (exact) mass is 328 g/mol. The zero-order valence-electron chi connectivity index (χ0n) is 11.0. The minimum absolute atomic E-state index is 0.266. The minimum atomic E-state index is -4.79. The fraction of sp³-hybridized carbons (Fsp3) is 0.417. The van der Waals surface area contributed by atoms with Gasteiger partial charge >= 0.3 is 18.4 Å². The third-order valence-electron chi connectivity index (χ3n) is 3.21. The van der Waals surface area contributed by atoms with Crippen molar-refractivity contribution in [1.29, 1.82) is 0 Å². The largest absolute Gasteiger partial charge is 0.434 e. The van der Waals surface area contributed by atoms with Crippen LogP contribution in [0.25, 0.3) is 0 Å². The molecule has 0 aliphatic carbocycles. The second-order valence-corrected chi connectivity index (χ2v) is 4.73. The fourth-order valence-electron chi connectivity index (χ4n) is 2.17. The minimum Gasteiger partial charge on any atom is -0.434 e. The Morgan fingerprint density at radius 3 is 2.18 bits per heavy atom. The Hall–Kier alpha value is -2.13. The normalized spacial score (nSPS) is 22.9.